The van der Waals surface area contributed by atoms with Crippen LogP contribution in [0.3, 0.4) is 0 Å². The van der Waals surface area contributed by atoms with Crippen molar-refractivity contribution in [2.75, 3.05) is 37.4 Å². The Labute approximate surface area is 101 Å². The van der Waals surface area contributed by atoms with Crippen molar-refractivity contribution in [1.29, 1.82) is 5.26 Å². The van der Waals surface area contributed by atoms with Crippen molar-refractivity contribution in [2.45, 2.75) is 19.4 Å². The summed E-state index contributed by atoms with van der Waals surface area (Å²) in [7, 11) is 1.66. The van der Waals surface area contributed by atoms with Gasteiger partial charge in [-0.1, -0.05) is 0 Å². The molecule has 0 saturated carbocycles. The Morgan fingerprint density at radius 2 is 2.18 bits per heavy atom. The number of methoxy groups -OCH3 is 1. The van der Waals surface area contributed by atoms with Gasteiger partial charge in [0.25, 0.3) is 0 Å². The molecule has 0 atom stereocenters. The molecule has 1 aromatic rings. The number of hydrogen-bond donors (Lipinski definition) is 1. The van der Waals surface area contributed by atoms with E-state index in [2.05, 4.69) is 11.0 Å². The van der Waals surface area contributed by atoms with E-state index in [1.165, 1.54) is 12.8 Å². The summed E-state index contributed by atoms with van der Waals surface area (Å²) in [5.41, 5.74) is 7.32. The van der Waals surface area contributed by atoms with Gasteiger partial charge in [-0.2, -0.15) is 5.26 Å². The van der Waals surface area contributed by atoms with Gasteiger partial charge >= 0.3 is 0 Å². The lowest BCUT2D eigenvalue weighted by Gasteiger charge is -2.21. The zero-order valence-electron chi connectivity index (χ0n) is 10.1. The van der Waals surface area contributed by atoms with Crippen molar-refractivity contribution in [1.82, 2.24) is 4.57 Å². The standard InChI is InChI=1S/C12H18N4O/c1-17-7-6-16-10(9-13)8-11(14)12(16)15-4-2-3-5-15/h8H,2-7,14H2,1H3. The second-order valence-electron chi connectivity index (χ2n) is 4.26. The van der Waals surface area contributed by atoms with Crippen LogP contribution in [-0.2, 0) is 11.3 Å². The highest BCUT2D eigenvalue weighted by Gasteiger charge is 2.21. The smallest absolute Gasteiger partial charge is 0.133 e. The van der Waals surface area contributed by atoms with Crippen LogP contribution in [0, 0.1) is 11.3 Å². The minimum atomic E-state index is 0.587. The van der Waals surface area contributed by atoms with Gasteiger partial charge in [0.05, 0.1) is 12.3 Å². The van der Waals surface area contributed by atoms with Crippen LogP contribution in [0.2, 0.25) is 0 Å². The van der Waals surface area contributed by atoms with E-state index >= 15 is 0 Å². The first kappa shape index (κ1) is 11.8. The Balaban J connectivity index is 2.34. The van der Waals surface area contributed by atoms with E-state index < -0.39 is 0 Å². The lowest BCUT2D eigenvalue weighted by atomic mass is 10.4. The minimum Gasteiger partial charge on any atom is -0.396 e. The fourth-order valence-corrected chi connectivity index (χ4v) is 2.34. The SMILES string of the molecule is COCCn1c(C#N)cc(N)c1N1CCCC1. The summed E-state index contributed by atoms with van der Waals surface area (Å²) in [5, 5.41) is 9.11. The molecule has 92 valence electrons. The molecule has 2 rings (SSSR count). The summed E-state index contributed by atoms with van der Waals surface area (Å²) in [6.45, 7) is 3.30. The molecule has 2 N–H and O–H groups in total. The van der Waals surface area contributed by atoms with Crippen molar-refractivity contribution >= 4 is 11.5 Å². The summed E-state index contributed by atoms with van der Waals surface area (Å²) >= 11 is 0. The van der Waals surface area contributed by atoms with Gasteiger partial charge in [-0.25, -0.2) is 0 Å². The number of rotatable bonds is 4. The molecule has 0 bridgehead atoms. The Kier molecular flexibility index (Phi) is 3.55. The number of hydrogen-bond acceptors (Lipinski definition) is 4. The molecule has 1 aliphatic rings. The van der Waals surface area contributed by atoms with Crippen molar-refractivity contribution in [3.05, 3.63) is 11.8 Å². The number of nitrogens with two attached hydrogens (primary N) is 1. The molecular weight excluding hydrogens is 216 g/mol. The minimum absolute atomic E-state index is 0.587. The fraction of sp³-hybridized carbons (Fsp3) is 0.583. The van der Waals surface area contributed by atoms with Gasteiger partial charge in [-0.3, -0.25) is 0 Å². The van der Waals surface area contributed by atoms with Gasteiger partial charge in [0.2, 0.25) is 0 Å². The molecule has 2 heterocycles. The molecule has 5 nitrogen and oxygen atoms in total. The maximum absolute atomic E-state index is 9.11. The van der Waals surface area contributed by atoms with Crippen LogP contribution in [0.15, 0.2) is 6.07 Å². The summed E-state index contributed by atoms with van der Waals surface area (Å²) in [6, 6.07) is 3.94. The second kappa shape index (κ2) is 5.11. The van der Waals surface area contributed by atoms with E-state index in [4.69, 9.17) is 15.7 Å². The molecule has 1 saturated heterocycles. The fourth-order valence-electron chi connectivity index (χ4n) is 2.34. The number of nitriles is 1. The molecule has 1 fully saturated rings. The van der Waals surface area contributed by atoms with Crippen LogP contribution in [0.5, 0.6) is 0 Å². The first-order valence-electron chi connectivity index (χ1n) is 5.91. The number of ether oxygens (including phenoxy) is 1. The van der Waals surface area contributed by atoms with Crippen molar-refractivity contribution < 1.29 is 4.74 Å². The van der Waals surface area contributed by atoms with Gasteiger partial charge in [-0.05, 0) is 18.9 Å². The highest BCUT2D eigenvalue weighted by Crippen LogP contribution is 2.30. The number of anilines is 2. The Bertz CT molecular complexity index is 426. The highest BCUT2D eigenvalue weighted by atomic mass is 16.5. The van der Waals surface area contributed by atoms with E-state index in [9.17, 15) is 0 Å². The van der Waals surface area contributed by atoms with Gasteiger partial charge in [-0.15, -0.1) is 0 Å². The van der Waals surface area contributed by atoms with Gasteiger partial charge in [0, 0.05) is 26.7 Å². The third kappa shape index (κ3) is 2.22. The third-order valence-electron chi connectivity index (χ3n) is 3.14. The normalized spacial score (nSPS) is 15.2. The predicted molar refractivity (Wildman–Crippen MR) is 66.9 cm³/mol. The van der Waals surface area contributed by atoms with Crippen LogP contribution >= 0.6 is 0 Å². The zero-order valence-corrected chi connectivity index (χ0v) is 10.1. The quantitative estimate of drug-likeness (QED) is 0.849. The Hall–Kier alpha value is -1.67. The van der Waals surface area contributed by atoms with Crippen molar-refractivity contribution in [2.24, 2.45) is 0 Å². The number of aromatic nitrogens is 1. The largest absolute Gasteiger partial charge is 0.396 e. The molecule has 5 heteroatoms. The first-order valence-corrected chi connectivity index (χ1v) is 5.91. The van der Waals surface area contributed by atoms with E-state index in [1.54, 1.807) is 13.2 Å². The van der Waals surface area contributed by atoms with E-state index in [1.807, 2.05) is 4.57 Å². The maximum atomic E-state index is 9.11. The summed E-state index contributed by atoms with van der Waals surface area (Å²) in [6.07, 6.45) is 2.38. The topological polar surface area (TPSA) is 67.2 Å². The molecule has 0 unspecified atom stereocenters. The van der Waals surface area contributed by atoms with Crippen LogP contribution in [0.4, 0.5) is 11.5 Å². The van der Waals surface area contributed by atoms with Gasteiger partial charge in [0.15, 0.2) is 0 Å². The lowest BCUT2D eigenvalue weighted by molar-refractivity contribution is 0.187. The number of nitrogen functional groups attached to an aromatic ring is 1. The predicted octanol–water partition coefficient (Wildman–Crippen LogP) is 1.19. The van der Waals surface area contributed by atoms with Crippen LogP contribution < -0.4 is 10.6 Å². The molecule has 0 amide bonds. The first-order chi connectivity index (χ1) is 8.27. The highest BCUT2D eigenvalue weighted by molar-refractivity contribution is 5.68. The third-order valence-corrected chi connectivity index (χ3v) is 3.14. The average molecular weight is 234 g/mol. The van der Waals surface area contributed by atoms with Crippen molar-refractivity contribution in [3.63, 3.8) is 0 Å². The number of nitrogens with zero attached hydrogens (tertiary/aromatic N) is 3. The molecule has 17 heavy (non-hydrogen) atoms. The molecule has 0 aromatic carbocycles. The van der Waals surface area contributed by atoms with Crippen molar-refractivity contribution in [3.8, 4) is 6.07 Å². The van der Waals surface area contributed by atoms with Crippen LogP contribution in [0.25, 0.3) is 0 Å². The molecular formula is C12H18N4O. The summed E-state index contributed by atoms with van der Waals surface area (Å²) in [4.78, 5) is 2.26. The van der Waals surface area contributed by atoms with E-state index in [0.717, 1.165) is 18.9 Å². The monoisotopic (exact) mass is 234 g/mol. The van der Waals surface area contributed by atoms with Gasteiger partial charge in [0.1, 0.15) is 17.6 Å². The van der Waals surface area contributed by atoms with E-state index in [-0.39, 0.29) is 0 Å². The molecule has 0 radical (unpaired) electrons. The average Bonchev–Trinajstić information content (AvgIpc) is 2.93. The molecule has 0 spiro atoms. The summed E-state index contributed by atoms with van der Waals surface area (Å²) < 4.78 is 7.05. The van der Waals surface area contributed by atoms with Crippen LogP contribution in [-0.4, -0.2) is 31.4 Å². The molecule has 1 aliphatic heterocycles. The summed E-state index contributed by atoms with van der Waals surface area (Å²) in [5.74, 6) is 0.983. The Morgan fingerprint density at radius 1 is 1.47 bits per heavy atom. The molecule has 1 aromatic heterocycles. The van der Waals surface area contributed by atoms with Crippen LogP contribution in [0.1, 0.15) is 18.5 Å². The lowest BCUT2D eigenvalue weighted by Crippen LogP contribution is -2.23. The Morgan fingerprint density at radius 3 is 2.76 bits per heavy atom. The second-order valence-corrected chi connectivity index (χ2v) is 4.26. The van der Waals surface area contributed by atoms with E-state index in [0.29, 0.717) is 24.5 Å². The molecule has 0 aliphatic carbocycles. The van der Waals surface area contributed by atoms with Gasteiger partial charge < -0.3 is 19.9 Å². The maximum Gasteiger partial charge on any atom is 0.133 e. The zero-order chi connectivity index (χ0) is 12.3.